The minimum Gasteiger partial charge on any atom is -0.356 e. The minimum atomic E-state index is -0.214. The van der Waals surface area contributed by atoms with Gasteiger partial charge in [0.2, 0.25) is 0 Å². The number of aliphatic imine (C=N–C) groups is 1. The lowest BCUT2D eigenvalue weighted by Crippen LogP contribution is -2.43. The maximum atomic E-state index is 13.5. The molecule has 0 spiro atoms. The molecule has 28 heavy (non-hydrogen) atoms. The average Bonchev–Trinajstić information content (AvgIpc) is 3.10. The summed E-state index contributed by atoms with van der Waals surface area (Å²) in [6.45, 7) is 5.62. The summed E-state index contributed by atoms with van der Waals surface area (Å²) in [5, 5.41) is 6.67. The van der Waals surface area contributed by atoms with Crippen LogP contribution in [-0.4, -0.2) is 36.1 Å². The molecule has 0 fully saturated rings. The molecule has 0 bridgehead atoms. The van der Waals surface area contributed by atoms with Crippen molar-refractivity contribution in [3.05, 3.63) is 65.7 Å². The van der Waals surface area contributed by atoms with Crippen LogP contribution in [0.1, 0.15) is 31.7 Å². The number of imidazole rings is 1. The molecule has 1 aromatic heterocycles. The summed E-state index contributed by atoms with van der Waals surface area (Å²) >= 11 is 0. The lowest BCUT2D eigenvalue weighted by molar-refractivity contribution is 0.503. The molecular formula is C22H28FN5. The molecular weight excluding hydrogens is 353 g/mol. The first-order valence-electron chi connectivity index (χ1n) is 9.62. The summed E-state index contributed by atoms with van der Waals surface area (Å²) in [5.74, 6) is 1.53. The van der Waals surface area contributed by atoms with Gasteiger partial charge in [-0.2, -0.15) is 0 Å². The second-order valence-corrected chi connectivity index (χ2v) is 7.55. The van der Waals surface area contributed by atoms with Crippen LogP contribution in [0.15, 0.2) is 53.5 Å². The van der Waals surface area contributed by atoms with Gasteiger partial charge >= 0.3 is 0 Å². The number of guanidine groups is 1. The van der Waals surface area contributed by atoms with Crippen molar-refractivity contribution in [2.24, 2.45) is 4.99 Å². The van der Waals surface area contributed by atoms with Crippen LogP contribution in [0.5, 0.6) is 0 Å². The predicted molar refractivity (Wildman–Crippen MR) is 113 cm³/mol. The van der Waals surface area contributed by atoms with Gasteiger partial charge in [0.1, 0.15) is 11.6 Å². The van der Waals surface area contributed by atoms with Crippen LogP contribution in [0, 0.1) is 5.82 Å². The van der Waals surface area contributed by atoms with Gasteiger partial charge in [-0.1, -0.05) is 38.1 Å². The Kier molecular flexibility index (Phi) is 6.29. The van der Waals surface area contributed by atoms with Crippen LogP contribution in [-0.2, 0) is 11.8 Å². The van der Waals surface area contributed by atoms with E-state index in [-0.39, 0.29) is 11.2 Å². The number of nitrogens with one attached hydrogen (secondary N) is 3. The standard InChI is InChI=1S/C22H28FN5/c1-22(2,16-8-6-9-17(23)14-16)15-26-21(24-3)25-13-7-12-20-27-18-10-4-5-11-19(18)28-20/h4-6,8-11,14H,7,12-13,15H2,1-3H3,(H,27,28)(H2,24,25,26). The summed E-state index contributed by atoms with van der Waals surface area (Å²) in [6, 6.07) is 14.8. The van der Waals surface area contributed by atoms with Gasteiger partial charge in [-0.15, -0.1) is 0 Å². The molecule has 0 aliphatic rings. The van der Waals surface area contributed by atoms with Crippen molar-refractivity contribution in [1.82, 2.24) is 20.6 Å². The third-order valence-electron chi connectivity index (χ3n) is 4.85. The monoisotopic (exact) mass is 381 g/mol. The van der Waals surface area contributed by atoms with E-state index in [2.05, 4.69) is 39.4 Å². The Morgan fingerprint density at radius 3 is 2.71 bits per heavy atom. The van der Waals surface area contributed by atoms with Gasteiger partial charge in [0.05, 0.1) is 11.0 Å². The third kappa shape index (κ3) is 5.09. The molecule has 0 aliphatic carbocycles. The maximum Gasteiger partial charge on any atom is 0.191 e. The van der Waals surface area contributed by atoms with Crippen LogP contribution in [0.25, 0.3) is 11.0 Å². The van der Waals surface area contributed by atoms with Crippen molar-refractivity contribution in [2.45, 2.75) is 32.1 Å². The van der Waals surface area contributed by atoms with Crippen LogP contribution >= 0.6 is 0 Å². The highest BCUT2D eigenvalue weighted by Gasteiger charge is 2.21. The lowest BCUT2D eigenvalue weighted by Gasteiger charge is -2.26. The third-order valence-corrected chi connectivity index (χ3v) is 4.85. The Morgan fingerprint density at radius 1 is 1.14 bits per heavy atom. The largest absolute Gasteiger partial charge is 0.356 e. The maximum absolute atomic E-state index is 13.5. The molecule has 0 atom stereocenters. The summed E-state index contributed by atoms with van der Waals surface area (Å²) in [7, 11) is 1.75. The topological polar surface area (TPSA) is 65.1 Å². The number of fused-ring (bicyclic) bond motifs is 1. The van der Waals surface area contributed by atoms with E-state index in [1.54, 1.807) is 19.2 Å². The Morgan fingerprint density at radius 2 is 1.96 bits per heavy atom. The van der Waals surface area contributed by atoms with Crippen LogP contribution in [0.3, 0.4) is 0 Å². The van der Waals surface area contributed by atoms with E-state index < -0.39 is 0 Å². The fraction of sp³-hybridized carbons (Fsp3) is 0.364. The zero-order valence-electron chi connectivity index (χ0n) is 16.7. The van der Waals surface area contributed by atoms with Gasteiger partial charge < -0.3 is 15.6 Å². The molecule has 3 N–H and O–H groups in total. The van der Waals surface area contributed by atoms with Gasteiger partial charge in [0.25, 0.3) is 0 Å². The number of hydrogen-bond donors (Lipinski definition) is 3. The molecule has 0 unspecified atom stereocenters. The van der Waals surface area contributed by atoms with E-state index in [1.807, 2.05) is 30.3 Å². The summed E-state index contributed by atoms with van der Waals surface area (Å²) in [6.07, 6.45) is 1.81. The average molecular weight is 381 g/mol. The Labute approximate surface area is 165 Å². The van der Waals surface area contributed by atoms with E-state index in [4.69, 9.17) is 0 Å². The van der Waals surface area contributed by atoms with Gasteiger partial charge in [-0.05, 0) is 36.2 Å². The highest BCUT2D eigenvalue weighted by molar-refractivity contribution is 5.79. The Bertz CT molecular complexity index is 912. The first-order valence-corrected chi connectivity index (χ1v) is 9.62. The molecule has 2 aromatic carbocycles. The summed E-state index contributed by atoms with van der Waals surface area (Å²) < 4.78 is 13.5. The van der Waals surface area contributed by atoms with Gasteiger partial charge in [-0.3, -0.25) is 4.99 Å². The minimum absolute atomic E-state index is 0.210. The smallest absolute Gasteiger partial charge is 0.191 e. The van der Waals surface area contributed by atoms with E-state index in [9.17, 15) is 4.39 Å². The summed E-state index contributed by atoms with van der Waals surface area (Å²) in [4.78, 5) is 12.2. The number of hydrogen-bond acceptors (Lipinski definition) is 2. The number of para-hydroxylation sites is 2. The van der Waals surface area contributed by atoms with Crippen molar-refractivity contribution < 1.29 is 4.39 Å². The van der Waals surface area contributed by atoms with Gasteiger partial charge in [0, 0.05) is 32.0 Å². The quantitative estimate of drug-likeness (QED) is 0.332. The molecule has 0 saturated heterocycles. The van der Waals surface area contributed by atoms with Crippen LogP contribution in [0.2, 0.25) is 0 Å². The lowest BCUT2D eigenvalue weighted by atomic mass is 9.84. The number of rotatable bonds is 7. The van der Waals surface area contributed by atoms with E-state index in [0.717, 1.165) is 47.8 Å². The normalized spacial score (nSPS) is 12.4. The second-order valence-electron chi connectivity index (χ2n) is 7.55. The van der Waals surface area contributed by atoms with Gasteiger partial charge in [0.15, 0.2) is 5.96 Å². The molecule has 3 aromatic rings. The SMILES string of the molecule is CN=C(NCCCc1nc2ccccc2[nH]1)NCC(C)(C)c1cccc(F)c1. The zero-order valence-corrected chi connectivity index (χ0v) is 16.7. The zero-order chi connectivity index (χ0) is 20.0. The Balaban J connectivity index is 1.45. The first kappa shape index (κ1) is 19.9. The molecule has 0 saturated carbocycles. The van der Waals surface area contributed by atoms with E-state index >= 15 is 0 Å². The number of aromatic amines is 1. The van der Waals surface area contributed by atoms with Crippen molar-refractivity contribution >= 4 is 17.0 Å². The fourth-order valence-corrected chi connectivity index (χ4v) is 3.12. The van der Waals surface area contributed by atoms with Crippen molar-refractivity contribution in [3.8, 4) is 0 Å². The first-order chi connectivity index (χ1) is 13.5. The molecule has 5 nitrogen and oxygen atoms in total. The molecule has 1 heterocycles. The van der Waals surface area contributed by atoms with Gasteiger partial charge in [-0.25, -0.2) is 9.37 Å². The van der Waals surface area contributed by atoms with E-state index in [0.29, 0.717) is 6.54 Å². The number of H-pyrrole nitrogens is 1. The number of aryl methyl sites for hydroxylation is 1. The molecule has 0 radical (unpaired) electrons. The van der Waals surface area contributed by atoms with Crippen LogP contribution in [0.4, 0.5) is 4.39 Å². The molecule has 0 aliphatic heterocycles. The highest BCUT2D eigenvalue weighted by Crippen LogP contribution is 2.22. The van der Waals surface area contributed by atoms with Crippen LogP contribution < -0.4 is 10.6 Å². The second kappa shape index (κ2) is 8.87. The molecule has 6 heteroatoms. The Hall–Kier alpha value is -2.89. The number of nitrogens with zero attached hydrogens (tertiary/aromatic N) is 2. The highest BCUT2D eigenvalue weighted by atomic mass is 19.1. The number of benzene rings is 2. The molecule has 148 valence electrons. The van der Waals surface area contributed by atoms with E-state index in [1.165, 1.54) is 6.07 Å². The van der Waals surface area contributed by atoms with Crippen molar-refractivity contribution in [2.75, 3.05) is 20.1 Å². The predicted octanol–water partition coefficient (Wildman–Crippen LogP) is 3.78. The summed E-state index contributed by atoms with van der Waals surface area (Å²) in [5.41, 5.74) is 2.82. The number of halogens is 1. The number of aromatic nitrogens is 2. The van der Waals surface area contributed by atoms with Crippen molar-refractivity contribution in [1.29, 1.82) is 0 Å². The molecule has 3 rings (SSSR count). The van der Waals surface area contributed by atoms with Crippen molar-refractivity contribution in [3.63, 3.8) is 0 Å². The molecule has 0 amide bonds. The fourth-order valence-electron chi connectivity index (χ4n) is 3.12.